The minimum Gasteiger partial charge on any atom is -0.372 e. The lowest BCUT2D eigenvalue weighted by Gasteiger charge is -2.00. The normalized spacial score (nSPS) is 15.1. The molecule has 2 aliphatic heterocycles. The summed E-state index contributed by atoms with van der Waals surface area (Å²) in [5, 5.41) is 1.28. The summed E-state index contributed by atoms with van der Waals surface area (Å²) in [6.07, 6.45) is 0. The molecule has 2 aliphatic rings. The van der Waals surface area contributed by atoms with E-state index < -0.39 is 0 Å². The fraction of sp³-hybridized carbons (Fsp3) is 0.250. The third-order valence-corrected chi connectivity index (χ3v) is 2.72. The number of halogens is 2. The van der Waals surface area contributed by atoms with Crippen LogP contribution in [0.25, 0.3) is 0 Å². The molecule has 0 spiro atoms. The van der Waals surface area contributed by atoms with Crippen LogP contribution in [0.3, 0.4) is 0 Å². The maximum absolute atomic E-state index is 5.93. The molecule has 1 aromatic carbocycles. The first-order valence-electron chi connectivity index (χ1n) is 3.32. The summed E-state index contributed by atoms with van der Waals surface area (Å²) in [5.41, 5.74) is 1.94. The van der Waals surface area contributed by atoms with Crippen molar-refractivity contribution in [1.29, 1.82) is 0 Å². The lowest BCUT2D eigenvalue weighted by atomic mass is 10.2. The van der Waals surface area contributed by atoms with Gasteiger partial charge in [0.05, 0.1) is 23.3 Å². The fourth-order valence-electron chi connectivity index (χ4n) is 1.12. The van der Waals surface area contributed by atoms with E-state index in [1.807, 2.05) is 12.1 Å². The second-order valence-electron chi connectivity index (χ2n) is 2.50. The smallest absolute Gasteiger partial charge is 0.0736 e. The molecule has 0 aromatic heterocycles. The highest BCUT2D eigenvalue weighted by molar-refractivity contribution is 6.43. The molecule has 0 radical (unpaired) electrons. The lowest BCUT2D eigenvalue weighted by molar-refractivity contribution is 0.111. The number of ether oxygens (including phenoxy) is 1. The highest BCUT2D eigenvalue weighted by atomic mass is 35.5. The molecule has 3 rings (SSSR count). The predicted octanol–water partition coefficient (Wildman–Crippen LogP) is 3.02. The molecule has 0 atom stereocenters. The van der Waals surface area contributed by atoms with Gasteiger partial charge in [-0.05, 0) is 11.1 Å². The van der Waals surface area contributed by atoms with Gasteiger partial charge >= 0.3 is 0 Å². The largest absolute Gasteiger partial charge is 0.372 e. The van der Waals surface area contributed by atoms with Crippen molar-refractivity contribution in [3.05, 3.63) is 33.3 Å². The second-order valence-corrected chi connectivity index (χ2v) is 3.26. The molecule has 58 valence electrons. The van der Waals surface area contributed by atoms with Crippen molar-refractivity contribution in [3.8, 4) is 0 Å². The zero-order valence-electron chi connectivity index (χ0n) is 5.73. The van der Waals surface area contributed by atoms with Crippen LogP contribution in [0.1, 0.15) is 11.1 Å². The third-order valence-electron chi connectivity index (χ3n) is 1.76. The van der Waals surface area contributed by atoms with Gasteiger partial charge in [0, 0.05) is 0 Å². The maximum Gasteiger partial charge on any atom is 0.0736 e. The van der Waals surface area contributed by atoms with Crippen molar-refractivity contribution in [2.45, 2.75) is 13.2 Å². The SMILES string of the molecule is Clc1c2ccc(c1Cl)COC2. The first-order valence-corrected chi connectivity index (χ1v) is 4.08. The quantitative estimate of drug-likeness (QED) is 0.609. The van der Waals surface area contributed by atoms with Gasteiger partial charge in [-0.25, -0.2) is 0 Å². The van der Waals surface area contributed by atoms with Crippen LogP contribution in [-0.2, 0) is 18.0 Å². The summed E-state index contributed by atoms with van der Waals surface area (Å²) in [7, 11) is 0. The van der Waals surface area contributed by atoms with Crippen LogP contribution in [0.4, 0.5) is 0 Å². The number of hydrogen-bond donors (Lipinski definition) is 0. The molecule has 0 amide bonds. The van der Waals surface area contributed by atoms with Gasteiger partial charge in [0.2, 0.25) is 0 Å². The number of hydrogen-bond acceptors (Lipinski definition) is 1. The highest BCUT2D eigenvalue weighted by Crippen LogP contribution is 2.33. The molecule has 0 unspecified atom stereocenters. The van der Waals surface area contributed by atoms with Gasteiger partial charge in [0.25, 0.3) is 0 Å². The Morgan fingerprint density at radius 3 is 1.91 bits per heavy atom. The van der Waals surface area contributed by atoms with Gasteiger partial charge in [-0.2, -0.15) is 0 Å². The van der Waals surface area contributed by atoms with E-state index in [1.165, 1.54) is 0 Å². The average Bonchev–Trinajstić information content (AvgIpc) is 2.30. The van der Waals surface area contributed by atoms with E-state index in [2.05, 4.69) is 0 Å². The molecule has 0 saturated heterocycles. The molecule has 11 heavy (non-hydrogen) atoms. The van der Waals surface area contributed by atoms with E-state index in [0.29, 0.717) is 23.3 Å². The number of benzene rings is 1. The van der Waals surface area contributed by atoms with Crippen molar-refractivity contribution in [2.24, 2.45) is 0 Å². The van der Waals surface area contributed by atoms with Gasteiger partial charge in [-0.1, -0.05) is 35.3 Å². The molecule has 0 saturated carbocycles. The van der Waals surface area contributed by atoms with Crippen LogP contribution in [0.5, 0.6) is 0 Å². The Balaban J connectivity index is 2.67. The minimum atomic E-state index is 0.565. The Kier molecular flexibility index (Phi) is 1.80. The topological polar surface area (TPSA) is 9.23 Å². The monoisotopic (exact) mass is 188 g/mol. The van der Waals surface area contributed by atoms with E-state index >= 15 is 0 Å². The van der Waals surface area contributed by atoms with Gasteiger partial charge in [0.1, 0.15) is 0 Å². The standard InChI is InChI=1S/C8H6Cl2O/c9-7-5-1-2-6(8(7)10)4-11-3-5/h1-2H,3-4H2. The first kappa shape index (κ1) is 7.41. The van der Waals surface area contributed by atoms with Crippen molar-refractivity contribution >= 4 is 23.2 Å². The summed E-state index contributed by atoms with van der Waals surface area (Å²) in [6.45, 7) is 1.13. The highest BCUT2D eigenvalue weighted by Gasteiger charge is 2.13. The molecule has 0 N–H and O–H groups in total. The van der Waals surface area contributed by atoms with Gasteiger partial charge in [-0.15, -0.1) is 0 Å². The first-order chi connectivity index (χ1) is 5.29. The molecule has 3 heteroatoms. The van der Waals surface area contributed by atoms with Crippen LogP contribution in [0, 0.1) is 0 Å². The predicted molar refractivity (Wildman–Crippen MR) is 45.0 cm³/mol. The maximum atomic E-state index is 5.93. The summed E-state index contributed by atoms with van der Waals surface area (Å²) in [6, 6.07) is 3.91. The van der Waals surface area contributed by atoms with E-state index in [0.717, 1.165) is 11.1 Å². The van der Waals surface area contributed by atoms with Gasteiger partial charge < -0.3 is 4.74 Å². The Hall–Kier alpha value is -0.240. The molecule has 0 fully saturated rings. The summed E-state index contributed by atoms with van der Waals surface area (Å²) in [4.78, 5) is 0. The molecular weight excluding hydrogens is 183 g/mol. The Morgan fingerprint density at radius 2 is 1.45 bits per heavy atom. The summed E-state index contributed by atoms with van der Waals surface area (Å²) in [5.74, 6) is 0. The van der Waals surface area contributed by atoms with Crippen molar-refractivity contribution < 1.29 is 4.74 Å². The van der Waals surface area contributed by atoms with Gasteiger partial charge in [-0.3, -0.25) is 0 Å². The number of fused-ring (bicyclic) bond motifs is 4. The van der Waals surface area contributed by atoms with Crippen molar-refractivity contribution in [3.63, 3.8) is 0 Å². The fourth-order valence-corrected chi connectivity index (χ4v) is 1.60. The molecule has 2 heterocycles. The Labute approximate surface area is 74.9 Å². The summed E-state index contributed by atoms with van der Waals surface area (Å²) >= 11 is 11.9. The van der Waals surface area contributed by atoms with Crippen LogP contribution in [-0.4, -0.2) is 0 Å². The second kappa shape index (κ2) is 2.67. The lowest BCUT2D eigenvalue weighted by Crippen LogP contribution is -1.85. The Morgan fingerprint density at radius 1 is 1.00 bits per heavy atom. The van der Waals surface area contributed by atoms with Crippen LogP contribution in [0.15, 0.2) is 12.1 Å². The van der Waals surface area contributed by atoms with Crippen LogP contribution >= 0.6 is 23.2 Å². The van der Waals surface area contributed by atoms with E-state index in [4.69, 9.17) is 27.9 Å². The van der Waals surface area contributed by atoms with Crippen LogP contribution in [0.2, 0.25) is 10.0 Å². The van der Waals surface area contributed by atoms with E-state index in [1.54, 1.807) is 0 Å². The third kappa shape index (κ3) is 1.13. The summed E-state index contributed by atoms with van der Waals surface area (Å²) < 4.78 is 5.28. The molecule has 1 nitrogen and oxygen atoms in total. The average molecular weight is 189 g/mol. The molecular formula is C8H6Cl2O. The molecule has 2 bridgehead atoms. The molecule has 0 aliphatic carbocycles. The van der Waals surface area contributed by atoms with E-state index in [9.17, 15) is 0 Å². The minimum absolute atomic E-state index is 0.565. The van der Waals surface area contributed by atoms with Crippen LogP contribution < -0.4 is 0 Å². The van der Waals surface area contributed by atoms with Crippen molar-refractivity contribution in [2.75, 3.05) is 0 Å². The van der Waals surface area contributed by atoms with Crippen molar-refractivity contribution in [1.82, 2.24) is 0 Å². The molecule has 1 aromatic rings. The van der Waals surface area contributed by atoms with Gasteiger partial charge in [0.15, 0.2) is 0 Å². The zero-order valence-corrected chi connectivity index (χ0v) is 7.24. The number of rotatable bonds is 0. The zero-order chi connectivity index (χ0) is 7.84. The Bertz CT molecular complexity index is 267. The van der Waals surface area contributed by atoms with E-state index in [-0.39, 0.29) is 0 Å².